The summed E-state index contributed by atoms with van der Waals surface area (Å²) in [5.41, 5.74) is 2.98. The van der Waals surface area contributed by atoms with Crippen molar-refractivity contribution < 1.29 is 4.79 Å². The van der Waals surface area contributed by atoms with Crippen molar-refractivity contribution in [1.82, 2.24) is 14.5 Å². The van der Waals surface area contributed by atoms with Crippen molar-refractivity contribution in [2.24, 2.45) is 0 Å². The van der Waals surface area contributed by atoms with Crippen LogP contribution in [0.1, 0.15) is 39.1 Å². The van der Waals surface area contributed by atoms with E-state index in [-0.39, 0.29) is 24.5 Å². The van der Waals surface area contributed by atoms with E-state index in [0.717, 1.165) is 22.4 Å². The van der Waals surface area contributed by atoms with E-state index in [1.807, 2.05) is 76.2 Å². The van der Waals surface area contributed by atoms with Crippen LogP contribution in [0.15, 0.2) is 54.6 Å². The molecular weight excluding hydrogens is 334 g/mol. The predicted octanol–water partition coefficient (Wildman–Crippen LogP) is 4.85. The number of hydrogen-bond acceptors (Lipinski definition) is 2. The number of benzene rings is 2. The number of imidazole rings is 1. The fourth-order valence-corrected chi connectivity index (χ4v) is 3.51. The van der Waals surface area contributed by atoms with Gasteiger partial charge < -0.3 is 9.47 Å². The van der Waals surface area contributed by atoms with Gasteiger partial charge in [-0.1, -0.05) is 48.5 Å². The molecule has 3 rings (SSSR count). The molecule has 0 aliphatic rings. The Morgan fingerprint density at radius 3 is 2.26 bits per heavy atom. The van der Waals surface area contributed by atoms with Gasteiger partial charge in [0.05, 0.1) is 11.0 Å². The number of fused-ring (bicyclic) bond motifs is 1. The molecule has 0 fully saturated rings. The lowest BCUT2D eigenvalue weighted by molar-refractivity contribution is -0.135. The molecule has 0 spiro atoms. The average molecular weight is 361 g/mol. The van der Waals surface area contributed by atoms with Gasteiger partial charge in [-0.05, 0) is 51.5 Å². The average Bonchev–Trinajstić information content (AvgIpc) is 2.98. The first-order chi connectivity index (χ1) is 13.0. The Morgan fingerprint density at radius 1 is 0.963 bits per heavy atom. The molecule has 140 valence electrons. The van der Waals surface area contributed by atoms with E-state index in [0.29, 0.717) is 0 Å². The molecule has 1 amide bonds. The molecule has 0 radical (unpaired) electrons. The van der Waals surface area contributed by atoms with Gasteiger partial charge >= 0.3 is 0 Å². The molecule has 0 bridgehead atoms. The summed E-state index contributed by atoms with van der Waals surface area (Å²) in [5, 5.41) is 0. The Hall–Kier alpha value is -2.88. The van der Waals surface area contributed by atoms with Gasteiger partial charge in [-0.3, -0.25) is 4.79 Å². The summed E-state index contributed by atoms with van der Waals surface area (Å²) in [6.45, 7) is 8.51. The summed E-state index contributed by atoms with van der Waals surface area (Å²) in [4.78, 5) is 19.7. The molecule has 0 atom stereocenters. The van der Waals surface area contributed by atoms with E-state index in [1.165, 1.54) is 0 Å². The second-order valence-corrected chi connectivity index (χ2v) is 7.28. The summed E-state index contributed by atoms with van der Waals surface area (Å²) >= 11 is 0. The van der Waals surface area contributed by atoms with Crippen LogP contribution in [0.2, 0.25) is 0 Å². The zero-order chi connectivity index (χ0) is 19.4. The highest BCUT2D eigenvalue weighted by molar-refractivity contribution is 5.84. The van der Waals surface area contributed by atoms with Crippen molar-refractivity contribution in [2.75, 3.05) is 0 Å². The third-order valence-corrected chi connectivity index (χ3v) is 4.60. The standard InChI is InChI=1S/C23H27N3O/c1-17(2)26(18(3)4)23(27)16-25-21-13-9-8-12-20(21)24-22(25)15-14-19-10-6-5-7-11-19/h5-15,17-18H,16H2,1-4H3/b15-14+. The highest BCUT2D eigenvalue weighted by Gasteiger charge is 2.22. The molecule has 0 unspecified atom stereocenters. The van der Waals surface area contributed by atoms with Crippen LogP contribution in [0.5, 0.6) is 0 Å². The van der Waals surface area contributed by atoms with Crippen LogP contribution >= 0.6 is 0 Å². The zero-order valence-corrected chi connectivity index (χ0v) is 16.5. The monoisotopic (exact) mass is 361 g/mol. The first-order valence-electron chi connectivity index (χ1n) is 9.47. The number of para-hydroxylation sites is 2. The maximum Gasteiger partial charge on any atom is 0.243 e. The molecule has 0 saturated carbocycles. The molecule has 0 aliphatic heterocycles. The van der Waals surface area contributed by atoms with Crippen molar-refractivity contribution in [2.45, 2.75) is 46.3 Å². The van der Waals surface area contributed by atoms with Crippen LogP contribution in [-0.2, 0) is 11.3 Å². The molecule has 0 saturated heterocycles. The summed E-state index contributed by atoms with van der Waals surface area (Å²) in [6.07, 6.45) is 4.02. The smallest absolute Gasteiger partial charge is 0.243 e. The Kier molecular flexibility index (Phi) is 5.75. The van der Waals surface area contributed by atoms with Crippen LogP contribution in [0.4, 0.5) is 0 Å². The first kappa shape index (κ1) is 18.9. The number of carbonyl (C=O) groups excluding carboxylic acids is 1. The number of nitrogens with zero attached hydrogens (tertiary/aromatic N) is 3. The lowest BCUT2D eigenvalue weighted by atomic mass is 10.2. The Bertz CT molecular complexity index is 931. The lowest BCUT2D eigenvalue weighted by Crippen LogP contribution is -2.43. The van der Waals surface area contributed by atoms with Crippen LogP contribution in [0, 0.1) is 0 Å². The molecule has 0 N–H and O–H groups in total. The van der Waals surface area contributed by atoms with E-state index in [9.17, 15) is 4.79 Å². The topological polar surface area (TPSA) is 38.1 Å². The van der Waals surface area contributed by atoms with Crippen LogP contribution in [-0.4, -0.2) is 32.4 Å². The summed E-state index contributed by atoms with van der Waals surface area (Å²) in [5.74, 6) is 0.901. The number of aromatic nitrogens is 2. The van der Waals surface area contributed by atoms with E-state index in [2.05, 4.69) is 27.7 Å². The molecule has 2 aromatic carbocycles. The SMILES string of the molecule is CC(C)N(C(=O)Cn1c(/C=C/c2ccccc2)nc2ccccc21)C(C)C. The molecule has 4 nitrogen and oxygen atoms in total. The maximum atomic E-state index is 13.0. The minimum Gasteiger partial charge on any atom is -0.336 e. The Morgan fingerprint density at radius 2 is 1.59 bits per heavy atom. The van der Waals surface area contributed by atoms with Gasteiger partial charge in [-0.2, -0.15) is 0 Å². The molecule has 1 heterocycles. The van der Waals surface area contributed by atoms with Gasteiger partial charge in [0, 0.05) is 12.1 Å². The maximum absolute atomic E-state index is 13.0. The van der Waals surface area contributed by atoms with Crippen molar-refractivity contribution in [3.05, 3.63) is 66.0 Å². The van der Waals surface area contributed by atoms with Gasteiger partial charge in [0.25, 0.3) is 0 Å². The lowest BCUT2D eigenvalue weighted by Gasteiger charge is -2.31. The van der Waals surface area contributed by atoms with Crippen molar-refractivity contribution in [3.8, 4) is 0 Å². The van der Waals surface area contributed by atoms with Crippen molar-refractivity contribution in [3.63, 3.8) is 0 Å². The summed E-state index contributed by atoms with van der Waals surface area (Å²) in [7, 11) is 0. The number of hydrogen-bond donors (Lipinski definition) is 0. The molecule has 1 aromatic heterocycles. The first-order valence-corrected chi connectivity index (χ1v) is 9.47. The van der Waals surface area contributed by atoms with Gasteiger partial charge in [0.1, 0.15) is 12.4 Å². The predicted molar refractivity (Wildman–Crippen MR) is 112 cm³/mol. The normalized spacial score (nSPS) is 11.8. The van der Waals surface area contributed by atoms with Crippen LogP contribution < -0.4 is 0 Å². The minimum atomic E-state index is 0.109. The zero-order valence-electron chi connectivity index (χ0n) is 16.5. The van der Waals surface area contributed by atoms with Gasteiger partial charge in [0.2, 0.25) is 5.91 Å². The molecule has 4 heteroatoms. The van der Waals surface area contributed by atoms with E-state index in [1.54, 1.807) is 0 Å². The molecular formula is C23H27N3O. The highest BCUT2D eigenvalue weighted by Crippen LogP contribution is 2.19. The largest absolute Gasteiger partial charge is 0.336 e. The van der Waals surface area contributed by atoms with Gasteiger partial charge in [0.15, 0.2) is 0 Å². The van der Waals surface area contributed by atoms with E-state index < -0.39 is 0 Å². The molecule has 27 heavy (non-hydrogen) atoms. The van der Waals surface area contributed by atoms with Crippen LogP contribution in [0.25, 0.3) is 23.2 Å². The Balaban J connectivity index is 1.98. The minimum absolute atomic E-state index is 0.109. The third-order valence-electron chi connectivity index (χ3n) is 4.60. The summed E-state index contributed by atoms with van der Waals surface area (Å²) < 4.78 is 2.01. The number of amides is 1. The van der Waals surface area contributed by atoms with Crippen molar-refractivity contribution >= 4 is 29.1 Å². The van der Waals surface area contributed by atoms with E-state index >= 15 is 0 Å². The van der Waals surface area contributed by atoms with Gasteiger partial charge in [-0.15, -0.1) is 0 Å². The molecule has 3 aromatic rings. The van der Waals surface area contributed by atoms with Crippen molar-refractivity contribution in [1.29, 1.82) is 0 Å². The fourth-order valence-electron chi connectivity index (χ4n) is 3.51. The Labute approximate surface area is 161 Å². The fraction of sp³-hybridized carbons (Fsp3) is 0.304. The highest BCUT2D eigenvalue weighted by atomic mass is 16.2. The summed E-state index contributed by atoms with van der Waals surface area (Å²) in [6, 6.07) is 18.4. The molecule has 0 aliphatic carbocycles. The number of rotatable bonds is 6. The second-order valence-electron chi connectivity index (χ2n) is 7.28. The second kappa shape index (κ2) is 8.21. The van der Waals surface area contributed by atoms with E-state index in [4.69, 9.17) is 4.98 Å². The number of carbonyl (C=O) groups is 1. The van der Waals surface area contributed by atoms with Gasteiger partial charge in [-0.25, -0.2) is 4.98 Å². The third kappa shape index (κ3) is 4.27. The quantitative estimate of drug-likeness (QED) is 0.629. The van der Waals surface area contributed by atoms with Crippen LogP contribution in [0.3, 0.4) is 0 Å².